The lowest BCUT2D eigenvalue weighted by Gasteiger charge is -2.18. The number of rotatable bonds is 5. The first kappa shape index (κ1) is 15.1. The first-order valence-corrected chi connectivity index (χ1v) is 7.00. The summed E-state index contributed by atoms with van der Waals surface area (Å²) >= 11 is 0. The van der Waals surface area contributed by atoms with Gasteiger partial charge in [0.25, 0.3) is 5.91 Å². The van der Waals surface area contributed by atoms with Crippen molar-refractivity contribution in [3.63, 3.8) is 0 Å². The topological polar surface area (TPSA) is 59.8 Å². The molecule has 5 nitrogen and oxygen atoms in total. The molecule has 1 heterocycles. The summed E-state index contributed by atoms with van der Waals surface area (Å²) in [6.45, 7) is 6.16. The Morgan fingerprint density at radius 1 is 1.24 bits per heavy atom. The number of amides is 1. The molecule has 0 unspecified atom stereocenters. The molecule has 0 radical (unpaired) electrons. The van der Waals surface area contributed by atoms with Gasteiger partial charge >= 0.3 is 5.97 Å². The van der Waals surface area contributed by atoms with Crippen molar-refractivity contribution < 1.29 is 18.7 Å². The van der Waals surface area contributed by atoms with Crippen LogP contribution < -0.4 is 0 Å². The van der Waals surface area contributed by atoms with Gasteiger partial charge in [-0.2, -0.15) is 0 Å². The molecule has 0 aliphatic rings. The molecule has 21 heavy (non-hydrogen) atoms. The summed E-state index contributed by atoms with van der Waals surface area (Å²) in [6.07, 6.45) is 0. The molecule has 0 bridgehead atoms. The second-order valence-corrected chi connectivity index (χ2v) is 4.78. The maximum Gasteiger partial charge on any atom is 0.325 e. The Morgan fingerprint density at radius 2 is 2.00 bits per heavy atom. The van der Waals surface area contributed by atoms with Crippen LogP contribution in [0.2, 0.25) is 0 Å². The molecule has 5 heteroatoms. The first-order chi connectivity index (χ1) is 10.0. The minimum absolute atomic E-state index is 0.0702. The van der Waals surface area contributed by atoms with E-state index in [1.54, 1.807) is 13.0 Å². The summed E-state index contributed by atoms with van der Waals surface area (Å²) in [4.78, 5) is 25.3. The van der Waals surface area contributed by atoms with Crippen LogP contribution in [0.5, 0.6) is 0 Å². The van der Waals surface area contributed by atoms with Crippen LogP contribution in [0, 0.1) is 6.92 Å². The summed E-state index contributed by atoms with van der Waals surface area (Å²) in [5, 5.41) is 0.880. The van der Waals surface area contributed by atoms with E-state index in [1.165, 1.54) is 4.90 Å². The zero-order chi connectivity index (χ0) is 15.4. The molecular formula is C16H19NO4. The second-order valence-electron chi connectivity index (χ2n) is 4.78. The van der Waals surface area contributed by atoms with Crippen LogP contribution in [-0.4, -0.2) is 36.5 Å². The third-order valence-corrected chi connectivity index (χ3v) is 3.18. The van der Waals surface area contributed by atoms with E-state index in [0.717, 1.165) is 10.9 Å². The highest BCUT2D eigenvalue weighted by molar-refractivity contribution is 5.97. The van der Waals surface area contributed by atoms with Gasteiger partial charge in [-0.3, -0.25) is 9.59 Å². The Hall–Kier alpha value is -2.30. The quantitative estimate of drug-likeness (QED) is 0.794. The van der Waals surface area contributed by atoms with Gasteiger partial charge in [0.15, 0.2) is 5.76 Å². The third kappa shape index (κ3) is 3.42. The molecule has 1 amide bonds. The van der Waals surface area contributed by atoms with Gasteiger partial charge in [-0.25, -0.2) is 0 Å². The molecule has 1 aromatic carbocycles. The molecule has 0 aliphatic carbocycles. The van der Waals surface area contributed by atoms with Crippen molar-refractivity contribution in [1.29, 1.82) is 0 Å². The number of likely N-dealkylation sites (N-methyl/N-ethyl adjacent to an activating group) is 1. The van der Waals surface area contributed by atoms with Crippen LogP contribution >= 0.6 is 0 Å². The molecule has 0 spiro atoms. The molecule has 0 N–H and O–H groups in total. The summed E-state index contributed by atoms with van der Waals surface area (Å²) < 4.78 is 10.4. The van der Waals surface area contributed by atoms with E-state index in [1.807, 2.05) is 32.0 Å². The van der Waals surface area contributed by atoms with E-state index in [4.69, 9.17) is 9.15 Å². The largest absolute Gasteiger partial charge is 0.465 e. The third-order valence-electron chi connectivity index (χ3n) is 3.18. The van der Waals surface area contributed by atoms with Crippen LogP contribution in [0.25, 0.3) is 11.0 Å². The van der Waals surface area contributed by atoms with E-state index in [9.17, 15) is 9.59 Å². The lowest BCUT2D eigenvalue weighted by Crippen LogP contribution is -2.36. The maximum atomic E-state index is 12.4. The van der Waals surface area contributed by atoms with Gasteiger partial charge in [-0.1, -0.05) is 11.6 Å². The summed E-state index contributed by atoms with van der Waals surface area (Å²) in [5.41, 5.74) is 1.76. The molecule has 2 rings (SSSR count). The van der Waals surface area contributed by atoms with Gasteiger partial charge in [0, 0.05) is 11.9 Å². The van der Waals surface area contributed by atoms with E-state index in [0.29, 0.717) is 18.7 Å². The van der Waals surface area contributed by atoms with Crippen molar-refractivity contribution in [2.24, 2.45) is 0 Å². The highest BCUT2D eigenvalue weighted by Gasteiger charge is 2.21. The van der Waals surface area contributed by atoms with Crippen molar-refractivity contribution in [1.82, 2.24) is 4.90 Å². The molecule has 112 valence electrons. The fourth-order valence-corrected chi connectivity index (χ4v) is 2.11. The Kier molecular flexibility index (Phi) is 4.62. The number of benzene rings is 1. The van der Waals surface area contributed by atoms with Gasteiger partial charge in [0.1, 0.15) is 12.1 Å². The fraction of sp³-hybridized carbons (Fsp3) is 0.375. The van der Waals surface area contributed by atoms with E-state index in [2.05, 4.69) is 0 Å². The lowest BCUT2D eigenvalue weighted by molar-refractivity contribution is -0.143. The Labute approximate surface area is 123 Å². The molecular weight excluding hydrogens is 270 g/mol. The van der Waals surface area contributed by atoms with Crippen LogP contribution in [0.4, 0.5) is 0 Å². The molecule has 0 saturated carbocycles. The smallest absolute Gasteiger partial charge is 0.325 e. The van der Waals surface area contributed by atoms with Crippen LogP contribution in [-0.2, 0) is 9.53 Å². The number of fused-ring (bicyclic) bond motifs is 1. The monoisotopic (exact) mass is 289 g/mol. The number of nitrogens with zero attached hydrogens (tertiary/aromatic N) is 1. The predicted molar refractivity (Wildman–Crippen MR) is 79.2 cm³/mol. The zero-order valence-electron chi connectivity index (χ0n) is 12.5. The summed E-state index contributed by atoms with van der Waals surface area (Å²) in [5.74, 6) is -0.485. The number of aryl methyl sites for hydroxylation is 1. The minimum atomic E-state index is -0.417. The number of furan rings is 1. The van der Waals surface area contributed by atoms with Gasteiger partial charge in [-0.05, 0) is 39.0 Å². The standard InChI is InChI=1S/C16H19NO4/c1-4-17(10-15(18)20-5-2)16(19)14-9-12-8-11(3)6-7-13(12)21-14/h6-9H,4-5,10H2,1-3H3. The van der Waals surface area contributed by atoms with Gasteiger partial charge < -0.3 is 14.1 Å². The zero-order valence-corrected chi connectivity index (χ0v) is 12.5. The number of carbonyl (C=O) groups is 2. The maximum absolute atomic E-state index is 12.4. The first-order valence-electron chi connectivity index (χ1n) is 7.00. The predicted octanol–water partition coefficient (Wildman–Crippen LogP) is 2.77. The molecule has 2 aromatic rings. The Morgan fingerprint density at radius 3 is 2.67 bits per heavy atom. The molecule has 0 fully saturated rings. The van der Waals surface area contributed by atoms with Crippen molar-refractivity contribution in [3.8, 4) is 0 Å². The Bertz CT molecular complexity index is 659. The lowest BCUT2D eigenvalue weighted by atomic mass is 10.2. The fourth-order valence-electron chi connectivity index (χ4n) is 2.11. The van der Waals surface area contributed by atoms with Crippen LogP contribution in [0.15, 0.2) is 28.7 Å². The molecule has 0 atom stereocenters. The number of hydrogen-bond acceptors (Lipinski definition) is 4. The van der Waals surface area contributed by atoms with E-state index >= 15 is 0 Å². The van der Waals surface area contributed by atoms with Gasteiger partial charge in [0.2, 0.25) is 0 Å². The van der Waals surface area contributed by atoms with Crippen LogP contribution in [0.3, 0.4) is 0 Å². The normalized spacial score (nSPS) is 10.6. The average molecular weight is 289 g/mol. The van der Waals surface area contributed by atoms with Crippen molar-refractivity contribution >= 4 is 22.8 Å². The highest BCUT2D eigenvalue weighted by atomic mass is 16.5. The number of hydrogen-bond donors (Lipinski definition) is 0. The second kappa shape index (κ2) is 6.43. The number of esters is 1. The van der Waals surface area contributed by atoms with Gasteiger partial charge in [-0.15, -0.1) is 0 Å². The Balaban J connectivity index is 2.20. The van der Waals surface area contributed by atoms with E-state index in [-0.39, 0.29) is 18.2 Å². The molecule has 0 saturated heterocycles. The molecule has 1 aromatic heterocycles. The highest BCUT2D eigenvalue weighted by Crippen LogP contribution is 2.21. The van der Waals surface area contributed by atoms with E-state index < -0.39 is 5.97 Å². The average Bonchev–Trinajstić information content (AvgIpc) is 2.87. The van der Waals surface area contributed by atoms with Crippen molar-refractivity contribution in [2.45, 2.75) is 20.8 Å². The summed E-state index contributed by atoms with van der Waals surface area (Å²) in [6, 6.07) is 7.43. The van der Waals surface area contributed by atoms with Gasteiger partial charge in [0.05, 0.1) is 6.61 Å². The van der Waals surface area contributed by atoms with Crippen molar-refractivity contribution in [3.05, 3.63) is 35.6 Å². The number of ether oxygens (including phenoxy) is 1. The summed E-state index contributed by atoms with van der Waals surface area (Å²) in [7, 11) is 0. The van der Waals surface area contributed by atoms with Crippen molar-refractivity contribution in [2.75, 3.05) is 19.7 Å². The minimum Gasteiger partial charge on any atom is -0.465 e. The SMILES string of the molecule is CCOC(=O)CN(CC)C(=O)c1cc2cc(C)ccc2o1. The molecule has 0 aliphatic heterocycles. The van der Waals surface area contributed by atoms with Crippen LogP contribution in [0.1, 0.15) is 30.0 Å². The number of carbonyl (C=O) groups excluding carboxylic acids is 2.